The molecule has 19 heteroatoms. The van der Waals surface area contributed by atoms with Gasteiger partial charge in [-0.15, -0.1) is 0 Å². The monoisotopic (exact) mass is 981 g/mol. The maximum absolute atomic E-state index is 13.0. The first-order valence-electron chi connectivity index (χ1n) is 24.3. The number of ether oxygens (including phenoxy) is 3. The first kappa shape index (κ1) is 60.0. The molecule has 7 N–H and O–H groups in total. The quantitative estimate of drug-likeness (QED) is 0.0100. The fourth-order valence-electron chi connectivity index (χ4n) is 7.40. The maximum atomic E-state index is 13.0. The van der Waals surface area contributed by atoms with E-state index in [-0.39, 0.29) is 12.8 Å². The molecule has 0 aromatic carbocycles. The molecule has 2 aliphatic rings. The van der Waals surface area contributed by atoms with Gasteiger partial charge in [-0.3, -0.25) is 23.2 Å². The van der Waals surface area contributed by atoms with Crippen LogP contribution in [0.15, 0.2) is 48.6 Å². The van der Waals surface area contributed by atoms with Crippen LogP contribution in [-0.4, -0.2) is 115 Å². The van der Waals surface area contributed by atoms with Gasteiger partial charge in [-0.05, 0) is 70.6 Å². The fourth-order valence-corrected chi connectivity index (χ4v) is 8.94. The first-order valence-corrected chi connectivity index (χ1v) is 27.3. The number of hydrogen-bond acceptors (Lipinski definition) is 14. The normalized spacial score (nSPS) is 25.0. The minimum Gasteiger partial charge on any atom is -0.462 e. The number of allylic oxidation sites excluding steroid dienone is 7. The van der Waals surface area contributed by atoms with Crippen LogP contribution in [0.5, 0.6) is 0 Å². The van der Waals surface area contributed by atoms with Gasteiger partial charge in [0.25, 0.3) is 0 Å². The summed E-state index contributed by atoms with van der Waals surface area (Å²) in [6.45, 7) is 3.01. The molecule has 1 aliphatic carbocycles. The molecule has 10 atom stereocenters. The van der Waals surface area contributed by atoms with E-state index in [2.05, 4.69) is 54.8 Å². The van der Waals surface area contributed by atoms with Crippen molar-refractivity contribution in [1.29, 1.82) is 0 Å². The number of phosphoric ester groups is 2. The lowest BCUT2D eigenvalue weighted by molar-refractivity contribution is -0.216. The van der Waals surface area contributed by atoms with E-state index in [0.717, 1.165) is 64.2 Å². The van der Waals surface area contributed by atoms with Crippen molar-refractivity contribution in [1.82, 2.24) is 0 Å². The van der Waals surface area contributed by atoms with Crippen molar-refractivity contribution in [2.45, 2.75) is 223 Å². The molecule has 1 heterocycles. The number of esters is 2. The standard InChI is InChI=1S/C47H82O17P2/c1-3-5-7-8-9-10-11-12-13-14-15-20-23-26-30-34-41(49)61-37(36-60-66(57,58)64-47-44(52)42(50)43(51)46(45(47)53)63-65(54,55)56)35-59-40(48)33-29-25-22-19-17-16-18-21-24-28-32-39-38(62-39)31-27-6-4-2/h12-13,16,18-19,22,24,28,37-39,42-47,50-53H,3-11,14-15,17,20-21,23,25-27,29-36H2,1-2H3,(H,57,58)(H2,54,55,56)/b13-12-,18-16-,22-19-,28-24-/t37-,38?,39?,42?,43?,44?,45?,46-,47+/m1/s1. The highest BCUT2D eigenvalue weighted by Gasteiger charge is 2.54. The fraction of sp³-hybridized carbons (Fsp3) is 0.787. The summed E-state index contributed by atoms with van der Waals surface area (Å²) >= 11 is 0. The van der Waals surface area contributed by atoms with Gasteiger partial charge in [0.2, 0.25) is 0 Å². The van der Waals surface area contributed by atoms with E-state index < -0.39 is 83.5 Å². The van der Waals surface area contributed by atoms with Crippen molar-refractivity contribution >= 4 is 27.6 Å². The molecule has 0 aromatic heterocycles. The summed E-state index contributed by atoms with van der Waals surface area (Å²) in [6, 6.07) is 0. The zero-order valence-electron chi connectivity index (χ0n) is 39.3. The number of unbranched alkanes of at least 4 members (excludes halogenated alkanes) is 14. The highest BCUT2D eigenvalue weighted by atomic mass is 31.2. The zero-order chi connectivity index (χ0) is 48.6. The molecule has 0 aromatic rings. The Morgan fingerprint density at radius 3 is 1.71 bits per heavy atom. The van der Waals surface area contributed by atoms with Crippen LogP contribution < -0.4 is 0 Å². The van der Waals surface area contributed by atoms with Gasteiger partial charge < -0.3 is 49.3 Å². The smallest absolute Gasteiger partial charge is 0.462 e. The molecule has 0 amide bonds. The number of rotatable bonds is 39. The number of aliphatic hydroxyl groups excluding tert-OH is 4. The van der Waals surface area contributed by atoms with Gasteiger partial charge in [-0.25, -0.2) is 9.13 Å². The van der Waals surface area contributed by atoms with Gasteiger partial charge in [0.15, 0.2) is 6.10 Å². The lowest BCUT2D eigenvalue weighted by Gasteiger charge is -2.43. The zero-order valence-corrected chi connectivity index (χ0v) is 41.1. The Morgan fingerprint density at radius 1 is 0.561 bits per heavy atom. The third-order valence-electron chi connectivity index (χ3n) is 11.3. The highest BCUT2D eigenvalue weighted by Crippen LogP contribution is 2.49. The predicted molar refractivity (Wildman–Crippen MR) is 250 cm³/mol. The Bertz CT molecular complexity index is 1530. The summed E-state index contributed by atoms with van der Waals surface area (Å²) in [5.74, 6) is -1.29. The SMILES string of the molecule is CCCCCCCC/C=C\CCCCCCCC(=O)O[C@H](COC(=O)CCC/C=C\C/C=C\C/C=C\CC1OC1CCCCC)COP(=O)(O)O[C@H]1C(O)C(O)C(O)[C@@H](OP(=O)(O)O)C1O. The van der Waals surface area contributed by atoms with Crippen LogP contribution in [0.4, 0.5) is 0 Å². The first-order chi connectivity index (χ1) is 31.6. The van der Waals surface area contributed by atoms with Crippen molar-refractivity contribution in [3.63, 3.8) is 0 Å². The Balaban J connectivity index is 1.81. The lowest BCUT2D eigenvalue weighted by atomic mass is 9.85. The Morgan fingerprint density at radius 2 is 1.08 bits per heavy atom. The van der Waals surface area contributed by atoms with Crippen molar-refractivity contribution < 1.29 is 81.6 Å². The number of carbonyl (C=O) groups is 2. The predicted octanol–water partition coefficient (Wildman–Crippen LogP) is 8.27. The molecule has 0 bridgehead atoms. The lowest BCUT2D eigenvalue weighted by Crippen LogP contribution is -2.64. The number of aliphatic hydroxyl groups is 4. The Kier molecular flexibility index (Phi) is 31.9. The van der Waals surface area contributed by atoms with Crippen molar-refractivity contribution in [2.75, 3.05) is 13.2 Å². The average molecular weight is 981 g/mol. The van der Waals surface area contributed by atoms with Gasteiger partial charge in [-0.1, -0.05) is 133 Å². The van der Waals surface area contributed by atoms with Crippen molar-refractivity contribution in [3.8, 4) is 0 Å². The third kappa shape index (κ3) is 28.4. The van der Waals surface area contributed by atoms with E-state index in [1.54, 1.807) is 0 Å². The van der Waals surface area contributed by atoms with E-state index in [4.69, 9.17) is 23.3 Å². The summed E-state index contributed by atoms with van der Waals surface area (Å²) in [7, 11) is -10.7. The van der Waals surface area contributed by atoms with Crippen molar-refractivity contribution in [3.05, 3.63) is 48.6 Å². The minimum atomic E-state index is -5.37. The molecule has 1 saturated carbocycles. The maximum Gasteiger partial charge on any atom is 0.472 e. The molecule has 66 heavy (non-hydrogen) atoms. The average Bonchev–Trinajstić information content (AvgIpc) is 4.03. The summed E-state index contributed by atoms with van der Waals surface area (Å²) in [6.07, 6.45) is 25.3. The van der Waals surface area contributed by atoms with Gasteiger partial charge in [-0.2, -0.15) is 0 Å². The molecule has 1 saturated heterocycles. The second-order valence-corrected chi connectivity index (χ2v) is 19.8. The number of hydrogen-bond donors (Lipinski definition) is 7. The van der Waals surface area contributed by atoms with Crippen molar-refractivity contribution in [2.24, 2.45) is 0 Å². The molecule has 382 valence electrons. The molecular formula is C47H82O17P2. The minimum absolute atomic E-state index is 0.0191. The van der Waals surface area contributed by atoms with E-state index in [0.29, 0.717) is 31.5 Å². The van der Waals surface area contributed by atoms with Gasteiger partial charge in [0, 0.05) is 12.8 Å². The molecule has 2 rings (SSSR count). The number of phosphoric acid groups is 2. The van der Waals surface area contributed by atoms with Crippen LogP contribution in [-0.2, 0) is 46.5 Å². The van der Waals surface area contributed by atoms with Gasteiger partial charge >= 0.3 is 27.6 Å². The van der Waals surface area contributed by atoms with E-state index in [9.17, 15) is 53.8 Å². The Hall–Kier alpha value is -2.08. The number of carbonyl (C=O) groups excluding carboxylic acids is 2. The second kappa shape index (κ2) is 35.1. The summed E-state index contributed by atoms with van der Waals surface area (Å²) in [5.41, 5.74) is 0. The second-order valence-electron chi connectivity index (χ2n) is 17.2. The van der Waals surface area contributed by atoms with Crippen LogP contribution in [0.2, 0.25) is 0 Å². The third-order valence-corrected chi connectivity index (χ3v) is 12.8. The van der Waals surface area contributed by atoms with Crippen LogP contribution in [0.1, 0.15) is 168 Å². The molecule has 7 unspecified atom stereocenters. The van der Waals surface area contributed by atoms with E-state index >= 15 is 0 Å². The Labute approximate surface area is 392 Å². The molecule has 2 fully saturated rings. The van der Waals surface area contributed by atoms with Gasteiger partial charge in [0.1, 0.15) is 43.2 Å². The molecule has 17 nitrogen and oxygen atoms in total. The molecular weight excluding hydrogens is 898 g/mol. The largest absolute Gasteiger partial charge is 0.472 e. The van der Waals surface area contributed by atoms with E-state index in [1.165, 1.54) is 57.8 Å². The number of epoxide rings is 1. The topological polar surface area (TPSA) is 269 Å². The summed E-state index contributed by atoms with van der Waals surface area (Å²) < 4.78 is 55.1. The summed E-state index contributed by atoms with van der Waals surface area (Å²) in [4.78, 5) is 54.3. The van der Waals surface area contributed by atoms with Crippen LogP contribution in [0.3, 0.4) is 0 Å². The summed E-state index contributed by atoms with van der Waals surface area (Å²) in [5, 5.41) is 41.2. The molecule has 0 radical (unpaired) electrons. The molecule has 1 aliphatic heterocycles. The van der Waals surface area contributed by atoms with Crippen LogP contribution in [0.25, 0.3) is 0 Å². The highest BCUT2D eigenvalue weighted by molar-refractivity contribution is 7.47. The van der Waals surface area contributed by atoms with Crippen LogP contribution in [0, 0.1) is 0 Å². The molecule has 0 spiro atoms. The van der Waals surface area contributed by atoms with Crippen LogP contribution >= 0.6 is 15.6 Å². The van der Waals surface area contributed by atoms with E-state index in [1.807, 2.05) is 12.2 Å². The van der Waals surface area contributed by atoms with Gasteiger partial charge in [0.05, 0.1) is 18.8 Å².